The van der Waals surface area contributed by atoms with Gasteiger partial charge in [-0.25, -0.2) is 0 Å². The maximum absolute atomic E-state index is 6.10. The van der Waals surface area contributed by atoms with E-state index in [0.29, 0.717) is 5.02 Å². The largest absolute Gasteiger partial charge is 0.495 e. The molecule has 2 nitrogen and oxygen atoms in total. The highest BCUT2D eigenvalue weighted by molar-refractivity contribution is 9.10. The Morgan fingerprint density at radius 1 is 1.33 bits per heavy atom. The van der Waals surface area contributed by atoms with Gasteiger partial charge in [0, 0.05) is 18.1 Å². The Balaban J connectivity index is 2.33. The van der Waals surface area contributed by atoms with Crippen molar-refractivity contribution in [3.8, 4) is 5.75 Å². The first-order valence-electron chi connectivity index (χ1n) is 5.96. The van der Waals surface area contributed by atoms with Crippen molar-refractivity contribution < 1.29 is 4.74 Å². The van der Waals surface area contributed by atoms with Crippen LogP contribution in [0.15, 0.2) is 16.6 Å². The molecule has 1 aromatic carbocycles. The second-order valence-corrected chi connectivity index (χ2v) is 6.00. The molecule has 1 saturated heterocycles. The van der Waals surface area contributed by atoms with Crippen LogP contribution in [0.25, 0.3) is 0 Å². The number of ether oxygens (including phenoxy) is 1. The molecule has 5 heteroatoms. The molecule has 0 radical (unpaired) electrons. The zero-order valence-electron chi connectivity index (χ0n) is 10.2. The molecule has 0 aromatic heterocycles. The van der Waals surface area contributed by atoms with Gasteiger partial charge in [0.1, 0.15) is 10.7 Å². The molecule has 0 saturated carbocycles. The van der Waals surface area contributed by atoms with Crippen molar-refractivity contribution in [1.29, 1.82) is 0 Å². The Kier molecular flexibility index (Phi) is 4.87. The van der Waals surface area contributed by atoms with Crippen LogP contribution in [0.4, 0.5) is 0 Å². The van der Waals surface area contributed by atoms with E-state index in [0.717, 1.165) is 33.9 Å². The summed E-state index contributed by atoms with van der Waals surface area (Å²) in [6, 6.07) is 3.70. The van der Waals surface area contributed by atoms with Crippen LogP contribution in [0.5, 0.6) is 5.75 Å². The van der Waals surface area contributed by atoms with Gasteiger partial charge in [-0.05, 0) is 47.3 Å². The summed E-state index contributed by atoms with van der Waals surface area (Å²) in [5.74, 6) is 0.759. The molecule has 1 heterocycles. The summed E-state index contributed by atoms with van der Waals surface area (Å²) in [6.07, 6.45) is 3.68. The van der Waals surface area contributed by atoms with Crippen LogP contribution in [0.1, 0.15) is 24.8 Å². The number of rotatable bonds is 2. The number of likely N-dealkylation sites (tertiary alicyclic amines) is 1. The molecule has 0 unspecified atom stereocenters. The lowest BCUT2D eigenvalue weighted by molar-refractivity contribution is 0.345. The number of piperidine rings is 1. The number of hydrogen-bond donors (Lipinski definition) is 0. The quantitative estimate of drug-likeness (QED) is 0.741. The van der Waals surface area contributed by atoms with Gasteiger partial charge in [-0.3, -0.25) is 0 Å². The predicted octanol–water partition coefficient (Wildman–Crippen LogP) is 4.27. The number of benzene rings is 1. The Labute approximate surface area is 126 Å². The van der Waals surface area contributed by atoms with Gasteiger partial charge in [-0.15, -0.1) is 0 Å². The summed E-state index contributed by atoms with van der Waals surface area (Å²) in [5, 5.41) is 0.664. The zero-order chi connectivity index (χ0) is 13.1. The van der Waals surface area contributed by atoms with Crippen LogP contribution in [0.2, 0.25) is 5.02 Å². The Morgan fingerprint density at radius 2 is 2.00 bits per heavy atom. The third-order valence-corrected chi connectivity index (χ3v) is 4.37. The van der Waals surface area contributed by atoms with E-state index in [-0.39, 0.29) is 0 Å². The van der Waals surface area contributed by atoms with E-state index in [2.05, 4.69) is 20.8 Å². The maximum Gasteiger partial charge on any atom is 0.143 e. The number of nitrogens with zero attached hydrogens (tertiary/aromatic N) is 1. The highest BCUT2D eigenvalue weighted by Gasteiger charge is 2.20. The minimum Gasteiger partial charge on any atom is -0.495 e. The van der Waals surface area contributed by atoms with E-state index in [9.17, 15) is 0 Å². The topological polar surface area (TPSA) is 12.5 Å². The van der Waals surface area contributed by atoms with Crippen LogP contribution in [0.3, 0.4) is 0 Å². The van der Waals surface area contributed by atoms with Crippen LogP contribution in [-0.2, 0) is 0 Å². The lowest BCUT2D eigenvalue weighted by Gasteiger charge is -2.30. The van der Waals surface area contributed by atoms with Gasteiger partial charge in [0.15, 0.2) is 0 Å². The zero-order valence-corrected chi connectivity index (χ0v) is 13.4. The van der Waals surface area contributed by atoms with Gasteiger partial charge in [-0.1, -0.05) is 23.8 Å². The van der Waals surface area contributed by atoms with Gasteiger partial charge in [0.25, 0.3) is 0 Å². The first-order chi connectivity index (χ1) is 8.63. The van der Waals surface area contributed by atoms with Crippen molar-refractivity contribution in [3.63, 3.8) is 0 Å². The summed E-state index contributed by atoms with van der Waals surface area (Å²) >= 11 is 15.1. The minimum absolute atomic E-state index is 0.664. The van der Waals surface area contributed by atoms with Crippen molar-refractivity contribution >= 4 is 44.7 Å². The minimum atomic E-state index is 0.664. The molecule has 1 aliphatic rings. The molecule has 2 rings (SSSR count). The van der Waals surface area contributed by atoms with Crippen molar-refractivity contribution in [3.05, 3.63) is 27.2 Å². The normalized spacial score (nSPS) is 15.6. The van der Waals surface area contributed by atoms with E-state index in [4.69, 9.17) is 28.6 Å². The van der Waals surface area contributed by atoms with Gasteiger partial charge < -0.3 is 9.64 Å². The third kappa shape index (κ3) is 2.98. The summed E-state index contributed by atoms with van der Waals surface area (Å²) < 4.78 is 6.26. The SMILES string of the molecule is COc1c(Br)cc(Cl)cc1C(=S)N1CCCCC1. The van der Waals surface area contributed by atoms with Crippen molar-refractivity contribution in [2.75, 3.05) is 20.2 Å². The lowest BCUT2D eigenvalue weighted by atomic mass is 10.1. The van der Waals surface area contributed by atoms with Gasteiger partial charge in [-0.2, -0.15) is 0 Å². The summed E-state index contributed by atoms with van der Waals surface area (Å²) in [7, 11) is 1.65. The molecule has 98 valence electrons. The molecule has 0 bridgehead atoms. The average molecular weight is 349 g/mol. The van der Waals surface area contributed by atoms with Crippen molar-refractivity contribution in [2.45, 2.75) is 19.3 Å². The van der Waals surface area contributed by atoms with Crippen LogP contribution in [-0.4, -0.2) is 30.1 Å². The number of thiocarbonyl (C=S) groups is 1. The Bertz CT molecular complexity index is 461. The third-order valence-electron chi connectivity index (χ3n) is 3.09. The number of halogens is 2. The summed E-state index contributed by atoms with van der Waals surface area (Å²) in [4.78, 5) is 3.06. The maximum atomic E-state index is 6.10. The fourth-order valence-electron chi connectivity index (χ4n) is 2.19. The molecular weight excluding hydrogens is 334 g/mol. The second kappa shape index (κ2) is 6.22. The van der Waals surface area contributed by atoms with E-state index in [1.807, 2.05) is 12.1 Å². The number of methoxy groups -OCH3 is 1. The lowest BCUT2D eigenvalue weighted by Crippen LogP contribution is -2.35. The highest BCUT2D eigenvalue weighted by atomic mass is 79.9. The molecule has 1 aromatic rings. The molecule has 0 N–H and O–H groups in total. The average Bonchev–Trinajstić information content (AvgIpc) is 2.38. The predicted molar refractivity (Wildman–Crippen MR) is 82.8 cm³/mol. The highest BCUT2D eigenvalue weighted by Crippen LogP contribution is 2.34. The Hall–Kier alpha value is -0.320. The fraction of sp³-hybridized carbons (Fsp3) is 0.462. The fourth-order valence-corrected chi connectivity index (χ4v) is 3.50. The summed E-state index contributed by atoms with van der Waals surface area (Å²) in [6.45, 7) is 2.04. The molecular formula is C13H15BrClNOS. The van der Waals surface area contributed by atoms with E-state index in [1.165, 1.54) is 19.3 Å². The first-order valence-corrected chi connectivity index (χ1v) is 7.53. The van der Waals surface area contributed by atoms with Crippen molar-refractivity contribution in [1.82, 2.24) is 4.90 Å². The van der Waals surface area contributed by atoms with Crippen LogP contribution >= 0.6 is 39.7 Å². The van der Waals surface area contributed by atoms with Crippen LogP contribution < -0.4 is 4.74 Å². The van der Waals surface area contributed by atoms with E-state index >= 15 is 0 Å². The standard InChI is InChI=1S/C13H15BrClNOS/c1-17-12-10(7-9(15)8-11(12)14)13(18)16-5-3-2-4-6-16/h7-8H,2-6H2,1H3. The van der Waals surface area contributed by atoms with E-state index in [1.54, 1.807) is 7.11 Å². The van der Waals surface area contributed by atoms with Gasteiger partial charge >= 0.3 is 0 Å². The monoisotopic (exact) mass is 347 g/mol. The molecule has 0 amide bonds. The molecule has 0 spiro atoms. The molecule has 1 aliphatic heterocycles. The smallest absolute Gasteiger partial charge is 0.143 e. The van der Waals surface area contributed by atoms with Crippen molar-refractivity contribution in [2.24, 2.45) is 0 Å². The number of hydrogen-bond acceptors (Lipinski definition) is 2. The first kappa shape index (κ1) is 14.1. The molecule has 18 heavy (non-hydrogen) atoms. The van der Waals surface area contributed by atoms with Gasteiger partial charge in [0.05, 0.1) is 17.1 Å². The van der Waals surface area contributed by atoms with Gasteiger partial charge in [0.2, 0.25) is 0 Å². The molecule has 0 atom stereocenters. The summed E-state index contributed by atoms with van der Waals surface area (Å²) in [5.41, 5.74) is 0.897. The second-order valence-electron chi connectivity index (χ2n) is 4.32. The molecule has 0 aliphatic carbocycles. The van der Waals surface area contributed by atoms with E-state index < -0.39 is 0 Å². The molecule has 1 fully saturated rings. The van der Waals surface area contributed by atoms with Crippen LogP contribution in [0, 0.1) is 0 Å². The Morgan fingerprint density at radius 3 is 2.61 bits per heavy atom.